The minimum atomic E-state index is -0.153. The lowest BCUT2D eigenvalue weighted by Crippen LogP contribution is -2.46. The van der Waals surface area contributed by atoms with Crippen LogP contribution in [0.1, 0.15) is 19.3 Å². The Labute approximate surface area is 60.2 Å². The van der Waals surface area contributed by atoms with E-state index in [9.17, 15) is 4.79 Å². The standard InChI is InChI=1S/C7H12N2O/c10-6-7(3-5-8-6)2-1-4-9-7/h9H,1-5H2,(H,8,10)/t7-/m1/s1. The molecule has 2 fully saturated rings. The number of rotatable bonds is 0. The second-order valence-corrected chi connectivity index (χ2v) is 3.12. The molecular weight excluding hydrogens is 128 g/mol. The number of nitrogens with one attached hydrogen (secondary N) is 2. The van der Waals surface area contributed by atoms with Crippen LogP contribution >= 0.6 is 0 Å². The van der Waals surface area contributed by atoms with Gasteiger partial charge in [0.1, 0.15) is 0 Å². The second kappa shape index (κ2) is 1.95. The van der Waals surface area contributed by atoms with Gasteiger partial charge in [0.05, 0.1) is 5.54 Å². The van der Waals surface area contributed by atoms with Crippen molar-refractivity contribution in [2.24, 2.45) is 0 Å². The minimum Gasteiger partial charge on any atom is -0.354 e. The molecule has 0 aromatic rings. The van der Waals surface area contributed by atoms with Crippen LogP contribution < -0.4 is 10.6 Å². The number of amides is 1. The molecule has 1 spiro atoms. The lowest BCUT2D eigenvalue weighted by atomic mass is 9.96. The van der Waals surface area contributed by atoms with Crippen molar-refractivity contribution in [2.45, 2.75) is 24.8 Å². The Hall–Kier alpha value is -0.570. The van der Waals surface area contributed by atoms with Crippen LogP contribution in [0.15, 0.2) is 0 Å². The van der Waals surface area contributed by atoms with E-state index in [-0.39, 0.29) is 11.4 Å². The summed E-state index contributed by atoms with van der Waals surface area (Å²) in [5.74, 6) is 0.213. The maximum Gasteiger partial charge on any atom is 0.240 e. The Morgan fingerprint density at radius 2 is 2.20 bits per heavy atom. The molecule has 0 radical (unpaired) electrons. The normalized spacial score (nSPS) is 39.0. The third-order valence-corrected chi connectivity index (χ3v) is 2.52. The van der Waals surface area contributed by atoms with Crippen molar-refractivity contribution in [1.82, 2.24) is 10.6 Å². The van der Waals surface area contributed by atoms with Crippen LogP contribution in [0.4, 0.5) is 0 Å². The van der Waals surface area contributed by atoms with E-state index in [0.717, 1.165) is 32.4 Å². The molecule has 0 aromatic heterocycles. The Morgan fingerprint density at radius 1 is 1.30 bits per heavy atom. The van der Waals surface area contributed by atoms with Gasteiger partial charge in [0.15, 0.2) is 0 Å². The number of carbonyl (C=O) groups is 1. The first-order valence-electron chi connectivity index (χ1n) is 3.87. The summed E-state index contributed by atoms with van der Waals surface area (Å²) in [6.45, 7) is 1.86. The number of hydrogen-bond acceptors (Lipinski definition) is 2. The van der Waals surface area contributed by atoms with Gasteiger partial charge in [-0.25, -0.2) is 0 Å². The highest BCUT2D eigenvalue weighted by Gasteiger charge is 2.43. The van der Waals surface area contributed by atoms with E-state index in [4.69, 9.17) is 0 Å². The summed E-state index contributed by atoms with van der Waals surface area (Å²) >= 11 is 0. The van der Waals surface area contributed by atoms with Gasteiger partial charge in [-0.2, -0.15) is 0 Å². The Bertz CT molecular complexity index is 155. The van der Waals surface area contributed by atoms with Crippen LogP contribution in [0.25, 0.3) is 0 Å². The predicted octanol–water partition coefficient (Wildman–Crippen LogP) is -0.372. The fraction of sp³-hybridized carbons (Fsp3) is 0.857. The highest BCUT2D eigenvalue weighted by molar-refractivity contribution is 5.88. The van der Waals surface area contributed by atoms with Gasteiger partial charge < -0.3 is 10.6 Å². The third kappa shape index (κ3) is 0.669. The van der Waals surface area contributed by atoms with Crippen molar-refractivity contribution in [3.8, 4) is 0 Å². The maximum absolute atomic E-state index is 11.2. The van der Waals surface area contributed by atoms with Gasteiger partial charge in [-0.3, -0.25) is 4.79 Å². The van der Waals surface area contributed by atoms with Gasteiger partial charge in [-0.15, -0.1) is 0 Å². The van der Waals surface area contributed by atoms with Crippen molar-refractivity contribution < 1.29 is 4.79 Å². The average molecular weight is 140 g/mol. The molecule has 2 N–H and O–H groups in total. The number of carbonyl (C=O) groups excluding carboxylic acids is 1. The molecule has 2 heterocycles. The highest BCUT2D eigenvalue weighted by atomic mass is 16.2. The lowest BCUT2D eigenvalue weighted by Gasteiger charge is -2.18. The van der Waals surface area contributed by atoms with E-state index in [0.29, 0.717) is 0 Å². The predicted molar refractivity (Wildman–Crippen MR) is 37.6 cm³/mol. The van der Waals surface area contributed by atoms with E-state index >= 15 is 0 Å². The summed E-state index contributed by atoms with van der Waals surface area (Å²) in [4.78, 5) is 11.2. The molecule has 1 atom stereocenters. The Balaban J connectivity index is 2.19. The Kier molecular flexibility index (Phi) is 1.20. The molecule has 3 nitrogen and oxygen atoms in total. The van der Waals surface area contributed by atoms with Gasteiger partial charge >= 0.3 is 0 Å². The zero-order chi connectivity index (χ0) is 7.03. The first-order valence-corrected chi connectivity index (χ1v) is 3.87. The molecule has 2 aliphatic heterocycles. The molecule has 2 saturated heterocycles. The summed E-state index contributed by atoms with van der Waals surface area (Å²) < 4.78 is 0. The van der Waals surface area contributed by atoms with Crippen LogP contribution in [0.5, 0.6) is 0 Å². The molecule has 2 rings (SSSR count). The molecule has 0 aromatic carbocycles. The van der Waals surface area contributed by atoms with E-state index in [1.807, 2.05) is 0 Å². The summed E-state index contributed by atoms with van der Waals surface area (Å²) in [5.41, 5.74) is -0.153. The molecule has 0 aliphatic carbocycles. The van der Waals surface area contributed by atoms with Crippen molar-refractivity contribution in [3.05, 3.63) is 0 Å². The largest absolute Gasteiger partial charge is 0.354 e. The first kappa shape index (κ1) is 6.16. The van der Waals surface area contributed by atoms with E-state index in [1.54, 1.807) is 0 Å². The highest BCUT2D eigenvalue weighted by Crippen LogP contribution is 2.26. The zero-order valence-electron chi connectivity index (χ0n) is 5.94. The Morgan fingerprint density at radius 3 is 2.70 bits per heavy atom. The maximum atomic E-state index is 11.2. The van der Waals surface area contributed by atoms with Crippen LogP contribution in [-0.2, 0) is 4.79 Å². The summed E-state index contributed by atoms with van der Waals surface area (Å²) in [5, 5.41) is 6.12. The van der Waals surface area contributed by atoms with Gasteiger partial charge in [0, 0.05) is 6.54 Å². The lowest BCUT2D eigenvalue weighted by molar-refractivity contribution is -0.124. The summed E-state index contributed by atoms with van der Waals surface area (Å²) in [6, 6.07) is 0. The first-order chi connectivity index (χ1) is 4.83. The van der Waals surface area contributed by atoms with Crippen molar-refractivity contribution in [1.29, 1.82) is 0 Å². The van der Waals surface area contributed by atoms with Crippen LogP contribution in [0, 0.1) is 0 Å². The molecule has 56 valence electrons. The topological polar surface area (TPSA) is 41.1 Å². The van der Waals surface area contributed by atoms with Crippen LogP contribution in [0.2, 0.25) is 0 Å². The van der Waals surface area contributed by atoms with Crippen LogP contribution in [0.3, 0.4) is 0 Å². The molecule has 0 unspecified atom stereocenters. The molecule has 1 amide bonds. The minimum absolute atomic E-state index is 0.153. The van der Waals surface area contributed by atoms with Crippen molar-refractivity contribution in [3.63, 3.8) is 0 Å². The summed E-state index contributed by atoms with van der Waals surface area (Å²) in [6.07, 6.45) is 3.15. The molecule has 0 saturated carbocycles. The molecule has 0 bridgehead atoms. The van der Waals surface area contributed by atoms with Crippen LogP contribution in [-0.4, -0.2) is 24.5 Å². The average Bonchev–Trinajstić information content (AvgIpc) is 2.48. The van der Waals surface area contributed by atoms with E-state index < -0.39 is 0 Å². The number of hydrogen-bond donors (Lipinski definition) is 2. The fourth-order valence-electron chi connectivity index (χ4n) is 1.89. The van der Waals surface area contributed by atoms with Gasteiger partial charge in [0.25, 0.3) is 0 Å². The van der Waals surface area contributed by atoms with Crippen molar-refractivity contribution >= 4 is 5.91 Å². The van der Waals surface area contributed by atoms with E-state index in [2.05, 4.69) is 10.6 Å². The molecular formula is C7H12N2O. The molecule has 10 heavy (non-hydrogen) atoms. The van der Waals surface area contributed by atoms with Gasteiger partial charge in [-0.05, 0) is 25.8 Å². The second-order valence-electron chi connectivity index (χ2n) is 3.12. The SMILES string of the molecule is O=C1NCC[C@]12CCCN2. The van der Waals surface area contributed by atoms with E-state index in [1.165, 1.54) is 0 Å². The van der Waals surface area contributed by atoms with Gasteiger partial charge in [-0.1, -0.05) is 0 Å². The van der Waals surface area contributed by atoms with Gasteiger partial charge in [0.2, 0.25) is 5.91 Å². The van der Waals surface area contributed by atoms with Crippen molar-refractivity contribution in [2.75, 3.05) is 13.1 Å². The zero-order valence-corrected chi connectivity index (χ0v) is 5.94. The molecule has 3 heteroatoms. The third-order valence-electron chi connectivity index (χ3n) is 2.52. The molecule has 2 aliphatic rings. The smallest absolute Gasteiger partial charge is 0.240 e. The summed E-state index contributed by atoms with van der Waals surface area (Å²) in [7, 11) is 0. The fourth-order valence-corrected chi connectivity index (χ4v) is 1.89. The monoisotopic (exact) mass is 140 g/mol. The quantitative estimate of drug-likeness (QED) is 0.482.